The second kappa shape index (κ2) is 8.46. The van der Waals surface area contributed by atoms with Gasteiger partial charge in [-0.25, -0.2) is 13.6 Å². The zero-order chi connectivity index (χ0) is 21.0. The van der Waals surface area contributed by atoms with E-state index in [2.05, 4.69) is 5.32 Å². The number of hydrogen-bond donors (Lipinski definition) is 2. The van der Waals surface area contributed by atoms with Crippen LogP contribution in [0.3, 0.4) is 0 Å². The minimum Gasteiger partial charge on any atom is -0.497 e. The molecule has 1 unspecified atom stereocenters. The van der Waals surface area contributed by atoms with E-state index in [0.29, 0.717) is 11.3 Å². The molecule has 6 nitrogen and oxygen atoms in total. The first kappa shape index (κ1) is 20.6. The van der Waals surface area contributed by atoms with E-state index in [1.165, 1.54) is 6.07 Å². The van der Waals surface area contributed by atoms with Gasteiger partial charge in [-0.2, -0.15) is 0 Å². The zero-order valence-corrected chi connectivity index (χ0v) is 16.9. The van der Waals surface area contributed by atoms with Gasteiger partial charge in [0.15, 0.2) is 0 Å². The van der Waals surface area contributed by atoms with Crippen LogP contribution in [0.5, 0.6) is 5.75 Å². The molecule has 29 heavy (non-hydrogen) atoms. The van der Waals surface area contributed by atoms with Gasteiger partial charge in [0.05, 0.1) is 18.0 Å². The zero-order valence-electron chi connectivity index (χ0n) is 16.1. The lowest BCUT2D eigenvalue weighted by Crippen LogP contribution is -2.29. The van der Waals surface area contributed by atoms with Crippen molar-refractivity contribution in [2.75, 3.05) is 7.11 Å². The van der Waals surface area contributed by atoms with Crippen LogP contribution in [0.4, 0.5) is 0 Å². The summed E-state index contributed by atoms with van der Waals surface area (Å²) in [5.41, 5.74) is 2.46. The van der Waals surface area contributed by atoms with Crippen molar-refractivity contribution >= 4 is 15.9 Å². The van der Waals surface area contributed by atoms with Crippen molar-refractivity contribution in [3.8, 4) is 5.75 Å². The predicted molar refractivity (Wildman–Crippen MR) is 111 cm³/mol. The number of aryl methyl sites for hydroxylation is 1. The Morgan fingerprint density at radius 1 is 0.966 bits per heavy atom. The number of nitrogens with two attached hydrogens (primary N) is 1. The molecule has 0 aliphatic heterocycles. The lowest BCUT2D eigenvalue weighted by atomic mass is 9.98. The Morgan fingerprint density at radius 2 is 1.59 bits per heavy atom. The van der Waals surface area contributed by atoms with E-state index >= 15 is 0 Å². The minimum absolute atomic E-state index is 0.0640. The SMILES string of the molecule is COc1ccc(C(NC(=O)c2ccc(C)c(S(N)(=O)=O)c2)c2ccccc2)cc1. The molecule has 0 aliphatic rings. The molecule has 0 aromatic heterocycles. The molecule has 0 spiro atoms. The maximum atomic E-state index is 12.9. The molecular formula is C22H22N2O4S. The molecule has 0 radical (unpaired) electrons. The van der Waals surface area contributed by atoms with E-state index < -0.39 is 22.0 Å². The third-order valence-electron chi connectivity index (χ3n) is 4.61. The van der Waals surface area contributed by atoms with E-state index in [-0.39, 0.29) is 10.5 Å². The number of primary sulfonamides is 1. The highest BCUT2D eigenvalue weighted by Crippen LogP contribution is 2.25. The largest absolute Gasteiger partial charge is 0.497 e. The molecular weight excluding hydrogens is 388 g/mol. The van der Waals surface area contributed by atoms with Crippen molar-refractivity contribution in [1.29, 1.82) is 0 Å². The summed E-state index contributed by atoms with van der Waals surface area (Å²) in [6.07, 6.45) is 0. The molecule has 3 aromatic rings. The second-order valence-corrected chi connectivity index (χ2v) is 8.15. The second-order valence-electron chi connectivity index (χ2n) is 6.62. The minimum atomic E-state index is -3.92. The number of methoxy groups -OCH3 is 1. The molecule has 0 heterocycles. The van der Waals surface area contributed by atoms with Crippen LogP contribution < -0.4 is 15.2 Å². The van der Waals surface area contributed by atoms with Gasteiger partial charge >= 0.3 is 0 Å². The number of rotatable bonds is 6. The number of sulfonamides is 1. The van der Waals surface area contributed by atoms with Gasteiger partial charge in [0.2, 0.25) is 10.0 Å². The standard InChI is InChI=1S/C22H22N2O4S/c1-15-8-9-18(14-20(15)29(23,26)27)22(25)24-21(16-6-4-3-5-7-16)17-10-12-19(28-2)13-11-17/h3-14,21H,1-2H3,(H,24,25)(H2,23,26,27). The van der Waals surface area contributed by atoms with Gasteiger partial charge in [-0.1, -0.05) is 48.5 Å². The fourth-order valence-electron chi connectivity index (χ4n) is 3.06. The number of benzene rings is 3. The number of carbonyl (C=O) groups excluding carboxylic acids is 1. The molecule has 3 N–H and O–H groups in total. The van der Waals surface area contributed by atoms with Crippen LogP contribution in [0, 0.1) is 6.92 Å². The summed E-state index contributed by atoms with van der Waals surface area (Å²) in [5.74, 6) is 0.308. The summed E-state index contributed by atoms with van der Waals surface area (Å²) in [5, 5.41) is 8.25. The molecule has 150 valence electrons. The monoisotopic (exact) mass is 410 g/mol. The van der Waals surface area contributed by atoms with Crippen LogP contribution in [-0.4, -0.2) is 21.4 Å². The maximum absolute atomic E-state index is 12.9. The molecule has 0 aliphatic carbocycles. The first-order valence-corrected chi connectivity index (χ1v) is 10.5. The summed E-state index contributed by atoms with van der Waals surface area (Å²) >= 11 is 0. The lowest BCUT2D eigenvalue weighted by Gasteiger charge is -2.20. The molecule has 1 atom stereocenters. The highest BCUT2D eigenvalue weighted by Gasteiger charge is 2.20. The number of hydrogen-bond acceptors (Lipinski definition) is 4. The van der Waals surface area contributed by atoms with Crippen molar-refractivity contribution in [3.63, 3.8) is 0 Å². The van der Waals surface area contributed by atoms with Gasteiger partial charge in [-0.15, -0.1) is 0 Å². The van der Waals surface area contributed by atoms with Crippen LogP contribution in [0.25, 0.3) is 0 Å². The Morgan fingerprint density at radius 3 is 2.17 bits per heavy atom. The third kappa shape index (κ3) is 4.82. The number of carbonyl (C=O) groups is 1. The third-order valence-corrected chi connectivity index (χ3v) is 5.67. The van der Waals surface area contributed by atoms with Gasteiger partial charge in [0.1, 0.15) is 5.75 Å². The van der Waals surface area contributed by atoms with Gasteiger partial charge in [0.25, 0.3) is 5.91 Å². The number of nitrogens with one attached hydrogen (secondary N) is 1. The van der Waals surface area contributed by atoms with Crippen LogP contribution in [0.1, 0.15) is 33.1 Å². The molecule has 3 aromatic carbocycles. The Bertz CT molecular complexity index is 1110. The molecule has 3 rings (SSSR count). The van der Waals surface area contributed by atoms with Crippen molar-refractivity contribution in [2.24, 2.45) is 5.14 Å². The van der Waals surface area contributed by atoms with Crippen LogP contribution in [-0.2, 0) is 10.0 Å². The molecule has 7 heteroatoms. The van der Waals surface area contributed by atoms with Gasteiger partial charge in [0, 0.05) is 5.56 Å². The van der Waals surface area contributed by atoms with Crippen molar-refractivity contribution in [1.82, 2.24) is 5.32 Å². The van der Waals surface area contributed by atoms with E-state index in [1.807, 2.05) is 54.6 Å². The number of ether oxygens (including phenoxy) is 1. The summed E-state index contributed by atoms with van der Waals surface area (Å²) < 4.78 is 28.8. The Kier molecular flexibility index (Phi) is 6.00. The summed E-state index contributed by atoms with van der Waals surface area (Å²) in [7, 11) is -2.33. The number of amides is 1. The molecule has 1 amide bonds. The molecule has 0 bridgehead atoms. The Hall–Kier alpha value is -3.16. The molecule has 0 saturated carbocycles. The summed E-state index contributed by atoms with van der Waals surface area (Å²) in [6, 6.07) is 20.9. The van der Waals surface area contributed by atoms with Gasteiger partial charge in [-0.05, 0) is 47.9 Å². The predicted octanol–water partition coefficient (Wildman–Crippen LogP) is 3.17. The van der Waals surface area contributed by atoms with Crippen molar-refractivity contribution in [2.45, 2.75) is 17.9 Å². The fraction of sp³-hybridized carbons (Fsp3) is 0.136. The fourth-order valence-corrected chi connectivity index (χ4v) is 3.87. The smallest absolute Gasteiger partial charge is 0.252 e. The molecule has 0 fully saturated rings. The Labute approximate surface area is 170 Å². The van der Waals surface area contributed by atoms with Crippen molar-refractivity contribution < 1.29 is 17.9 Å². The van der Waals surface area contributed by atoms with Crippen LogP contribution in [0.15, 0.2) is 77.7 Å². The average molecular weight is 410 g/mol. The van der Waals surface area contributed by atoms with Crippen LogP contribution in [0.2, 0.25) is 0 Å². The summed E-state index contributed by atoms with van der Waals surface area (Å²) in [6.45, 7) is 1.63. The first-order chi connectivity index (χ1) is 13.8. The quantitative estimate of drug-likeness (QED) is 0.652. The first-order valence-electron chi connectivity index (χ1n) is 8.93. The van der Waals surface area contributed by atoms with Gasteiger partial charge < -0.3 is 10.1 Å². The Balaban J connectivity index is 1.97. The van der Waals surface area contributed by atoms with Crippen LogP contribution >= 0.6 is 0 Å². The average Bonchev–Trinajstić information content (AvgIpc) is 2.72. The highest BCUT2D eigenvalue weighted by atomic mass is 32.2. The molecule has 0 saturated heterocycles. The normalized spacial score (nSPS) is 12.2. The van der Waals surface area contributed by atoms with E-state index in [9.17, 15) is 13.2 Å². The van der Waals surface area contributed by atoms with E-state index in [1.54, 1.807) is 26.2 Å². The highest BCUT2D eigenvalue weighted by molar-refractivity contribution is 7.89. The summed E-state index contributed by atoms with van der Waals surface area (Å²) in [4.78, 5) is 12.9. The topological polar surface area (TPSA) is 98.5 Å². The maximum Gasteiger partial charge on any atom is 0.252 e. The van der Waals surface area contributed by atoms with E-state index in [0.717, 1.165) is 11.1 Å². The lowest BCUT2D eigenvalue weighted by molar-refractivity contribution is 0.0942. The van der Waals surface area contributed by atoms with Gasteiger partial charge in [-0.3, -0.25) is 4.79 Å². The van der Waals surface area contributed by atoms with E-state index in [4.69, 9.17) is 9.88 Å². The van der Waals surface area contributed by atoms with Crippen molar-refractivity contribution in [3.05, 3.63) is 95.1 Å².